The van der Waals surface area contributed by atoms with Gasteiger partial charge in [-0.1, -0.05) is 0 Å². The molecule has 7 heterocycles. The fraction of sp³-hybridized carbons (Fsp3) is 0.444. The molecule has 15 heteroatoms. The summed E-state index contributed by atoms with van der Waals surface area (Å²) in [6.07, 6.45) is 6.28. The first-order valence-electron chi connectivity index (χ1n) is 21.2. The number of imide groups is 1. The van der Waals surface area contributed by atoms with Gasteiger partial charge in [-0.05, 0) is 99.2 Å². The predicted octanol–water partition coefficient (Wildman–Crippen LogP) is 4.43. The molecule has 60 heavy (non-hydrogen) atoms. The lowest BCUT2D eigenvalue weighted by Crippen LogP contribution is -2.59. The number of urea groups is 1. The van der Waals surface area contributed by atoms with E-state index in [4.69, 9.17) is 4.98 Å². The van der Waals surface area contributed by atoms with Crippen LogP contribution in [-0.4, -0.2) is 125 Å². The van der Waals surface area contributed by atoms with Gasteiger partial charge < -0.3 is 29.8 Å². The molecule has 4 aromatic rings. The van der Waals surface area contributed by atoms with Crippen molar-refractivity contribution in [3.8, 4) is 6.07 Å². The van der Waals surface area contributed by atoms with Gasteiger partial charge in [0.1, 0.15) is 17.9 Å². The molecular weight excluding hydrogens is 759 g/mol. The number of rotatable bonds is 7. The van der Waals surface area contributed by atoms with Crippen molar-refractivity contribution >= 4 is 57.5 Å². The Kier molecular flexibility index (Phi) is 10.7. The van der Waals surface area contributed by atoms with Crippen LogP contribution in [0, 0.1) is 17.2 Å². The molecule has 0 bridgehead atoms. The number of hydrogen-bond donors (Lipinski definition) is 2. The number of carbonyl (C=O) groups excluding carboxylic acids is 4. The lowest BCUT2D eigenvalue weighted by Gasteiger charge is -2.45. The number of piperazine rings is 2. The summed E-state index contributed by atoms with van der Waals surface area (Å²) in [7, 11) is 0. The summed E-state index contributed by atoms with van der Waals surface area (Å²) in [5, 5.41) is 16.0. The van der Waals surface area contributed by atoms with Crippen LogP contribution in [0.5, 0.6) is 0 Å². The summed E-state index contributed by atoms with van der Waals surface area (Å²) in [4.78, 5) is 73.1. The number of fused-ring (bicyclic) bond motifs is 2. The molecule has 5 amide bonds. The van der Waals surface area contributed by atoms with E-state index in [-0.39, 0.29) is 42.3 Å². The van der Waals surface area contributed by atoms with E-state index in [2.05, 4.69) is 61.2 Å². The molecule has 0 radical (unpaired) electrons. The van der Waals surface area contributed by atoms with E-state index >= 15 is 0 Å². The number of benzene rings is 2. The molecule has 5 aliphatic heterocycles. The summed E-state index contributed by atoms with van der Waals surface area (Å²) >= 11 is 0. The van der Waals surface area contributed by atoms with Crippen LogP contribution in [0.2, 0.25) is 0 Å². The van der Waals surface area contributed by atoms with Gasteiger partial charge in [-0.2, -0.15) is 5.26 Å². The number of hydrogen-bond acceptors (Lipinski definition) is 11. The Morgan fingerprint density at radius 1 is 0.883 bits per heavy atom. The molecular formula is C45H51N11O4. The summed E-state index contributed by atoms with van der Waals surface area (Å²) < 4.78 is 0. The van der Waals surface area contributed by atoms with Crippen LogP contribution in [0.1, 0.15) is 61.0 Å². The van der Waals surface area contributed by atoms with Crippen molar-refractivity contribution in [3.63, 3.8) is 0 Å². The maximum atomic E-state index is 13.5. The molecule has 0 spiro atoms. The molecule has 4 saturated heterocycles. The van der Waals surface area contributed by atoms with Crippen LogP contribution in [0.3, 0.4) is 0 Å². The van der Waals surface area contributed by atoms with Gasteiger partial charge in [0.15, 0.2) is 0 Å². The van der Waals surface area contributed by atoms with Crippen molar-refractivity contribution in [2.45, 2.75) is 64.2 Å². The molecule has 9 rings (SSSR count). The number of nitrogens with zero attached hydrogens (tertiary/aromatic N) is 9. The van der Waals surface area contributed by atoms with Gasteiger partial charge in [0, 0.05) is 112 Å². The minimum atomic E-state index is -0.603. The van der Waals surface area contributed by atoms with Gasteiger partial charge >= 0.3 is 6.03 Å². The lowest BCUT2D eigenvalue weighted by molar-refractivity contribution is -0.136. The average molecular weight is 810 g/mol. The fourth-order valence-corrected chi connectivity index (χ4v) is 9.74. The number of nitriles is 1. The zero-order valence-corrected chi connectivity index (χ0v) is 34.2. The highest BCUT2D eigenvalue weighted by molar-refractivity contribution is 6.05. The number of pyridine rings is 2. The average Bonchev–Trinajstić information content (AvgIpc) is 3.59. The second-order valence-corrected chi connectivity index (χ2v) is 16.9. The Balaban J connectivity index is 0.722. The lowest BCUT2D eigenvalue weighted by atomic mass is 9.96. The van der Waals surface area contributed by atoms with Crippen LogP contribution < -0.4 is 25.3 Å². The third kappa shape index (κ3) is 7.67. The molecule has 4 fully saturated rings. The molecule has 0 unspecified atom stereocenters. The molecule has 0 aliphatic carbocycles. The minimum Gasteiger partial charge on any atom is -0.369 e. The fourth-order valence-electron chi connectivity index (χ4n) is 9.74. The normalized spacial score (nSPS) is 22.9. The summed E-state index contributed by atoms with van der Waals surface area (Å²) in [6.45, 7) is 12.5. The highest BCUT2D eigenvalue weighted by Crippen LogP contribution is 2.34. The van der Waals surface area contributed by atoms with E-state index in [1.807, 2.05) is 53.4 Å². The summed E-state index contributed by atoms with van der Waals surface area (Å²) in [5.41, 5.74) is 5.64. The van der Waals surface area contributed by atoms with Gasteiger partial charge in [-0.25, -0.2) is 9.78 Å². The molecule has 15 nitrogen and oxygen atoms in total. The quantitative estimate of drug-likeness (QED) is 0.254. The predicted molar refractivity (Wildman–Crippen MR) is 229 cm³/mol. The molecule has 310 valence electrons. The monoisotopic (exact) mass is 809 g/mol. The van der Waals surface area contributed by atoms with Gasteiger partial charge in [0.25, 0.3) is 5.91 Å². The maximum absolute atomic E-state index is 13.5. The number of nitrogens with one attached hydrogen (secondary N) is 2. The topological polar surface area (TPSA) is 161 Å². The van der Waals surface area contributed by atoms with Gasteiger partial charge in [0.05, 0.1) is 23.0 Å². The molecule has 2 aromatic carbocycles. The van der Waals surface area contributed by atoms with Crippen molar-refractivity contribution < 1.29 is 19.2 Å². The number of amides is 5. The van der Waals surface area contributed by atoms with E-state index in [9.17, 15) is 24.4 Å². The minimum absolute atomic E-state index is 0.0413. The first-order chi connectivity index (χ1) is 29.1. The van der Waals surface area contributed by atoms with Crippen molar-refractivity contribution in [2.75, 3.05) is 78.9 Å². The zero-order chi connectivity index (χ0) is 41.5. The molecule has 3 atom stereocenters. The van der Waals surface area contributed by atoms with E-state index in [1.165, 1.54) is 0 Å². The number of aromatic nitrogens is 2. The standard InChI is InChI=1S/C45H51N11O4/c1-29-26-55(30(2)25-54(29)38-9-5-32(23-46)42-37(38)4-3-15-47-42)45(60)49-34-6-11-40(48-24-34)53-16-13-31(14-17-53)27-51-18-20-52(21-19-51)35-7-8-36-33(22-35)28-56(44(36)59)39-10-12-41(57)50-43(39)58/h3-9,11,15,22,24,29-31,39H,10,12-14,16-21,25-28H2,1-2H3,(H,49,60)(H,50,57,58)/t29-,30+,39-/m0/s1. The van der Waals surface area contributed by atoms with Gasteiger partial charge in [-0.15, -0.1) is 0 Å². The van der Waals surface area contributed by atoms with Crippen LogP contribution in [-0.2, 0) is 16.1 Å². The number of carbonyl (C=O) groups is 4. The SMILES string of the molecule is C[C@@H]1CN(c2ccc(C#N)c3ncccc23)[C@@H](C)CN1C(=O)Nc1ccc(N2CCC(CN3CCN(c4ccc5c(c4)CN([C@H]4CCC(=O)NC4=O)C5=O)CC3)CC2)nc1. The smallest absolute Gasteiger partial charge is 0.322 e. The second kappa shape index (κ2) is 16.4. The van der Waals surface area contributed by atoms with E-state index < -0.39 is 6.04 Å². The van der Waals surface area contributed by atoms with Crippen LogP contribution in [0.4, 0.5) is 27.7 Å². The maximum Gasteiger partial charge on any atom is 0.322 e. The van der Waals surface area contributed by atoms with Crippen molar-refractivity contribution in [1.29, 1.82) is 5.26 Å². The van der Waals surface area contributed by atoms with E-state index in [0.717, 1.165) is 86.8 Å². The van der Waals surface area contributed by atoms with Crippen molar-refractivity contribution in [1.82, 2.24) is 30.0 Å². The van der Waals surface area contributed by atoms with Crippen molar-refractivity contribution in [3.05, 3.63) is 83.7 Å². The second-order valence-electron chi connectivity index (χ2n) is 16.9. The number of piperidine rings is 2. The third-order valence-electron chi connectivity index (χ3n) is 13.1. The zero-order valence-electron chi connectivity index (χ0n) is 34.2. The Morgan fingerprint density at radius 3 is 2.45 bits per heavy atom. The Hall–Kier alpha value is -6.27. The van der Waals surface area contributed by atoms with Crippen LogP contribution in [0.15, 0.2) is 67.0 Å². The van der Waals surface area contributed by atoms with E-state index in [1.54, 1.807) is 17.3 Å². The first kappa shape index (κ1) is 39.2. The van der Waals surface area contributed by atoms with Crippen molar-refractivity contribution in [2.24, 2.45) is 5.92 Å². The summed E-state index contributed by atoms with van der Waals surface area (Å²) in [6, 6.07) is 19.2. The largest absolute Gasteiger partial charge is 0.369 e. The van der Waals surface area contributed by atoms with Gasteiger partial charge in [-0.3, -0.25) is 29.6 Å². The molecule has 0 saturated carbocycles. The number of anilines is 4. The van der Waals surface area contributed by atoms with E-state index in [0.29, 0.717) is 54.3 Å². The summed E-state index contributed by atoms with van der Waals surface area (Å²) in [5.74, 6) is 0.741. The van der Waals surface area contributed by atoms with Gasteiger partial charge in [0.2, 0.25) is 11.8 Å². The molecule has 2 N–H and O–H groups in total. The first-order valence-corrected chi connectivity index (χ1v) is 21.2. The Labute approximate surface area is 349 Å². The molecule has 5 aliphatic rings. The highest BCUT2D eigenvalue weighted by atomic mass is 16.2. The van der Waals surface area contributed by atoms with Crippen LogP contribution >= 0.6 is 0 Å². The van der Waals surface area contributed by atoms with Crippen LogP contribution in [0.25, 0.3) is 10.9 Å². The highest BCUT2D eigenvalue weighted by Gasteiger charge is 2.39. The molecule has 2 aromatic heterocycles. The third-order valence-corrected chi connectivity index (χ3v) is 13.1. The Morgan fingerprint density at radius 2 is 1.70 bits per heavy atom. The Bertz CT molecular complexity index is 2350.